The molecule has 0 aliphatic carbocycles. The number of anilines is 2. The number of benzene rings is 1. The molecule has 2 amide bonds. The molecule has 35 heavy (non-hydrogen) atoms. The number of carbonyl (C=O) groups excluding carboxylic acids is 2. The lowest BCUT2D eigenvalue weighted by Gasteiger charge is -2.31. The van der Waals surface area contributed by atoms with Gasteiger partial charge in [0.2, 0.25) is 12.4 Å². The van der Waals surface area contributed by atoms with Gasteiger partial charge in [0.1, 0.15) is 10.8 Å². The van der Waals surface area contributed by atoms with E-state index in [4.69, 9.17) is 10.7 Å². The number of fused-ring (bicyclic) bond motifs is 1. The van der Waals surface area contributed by atoms with E-state index < -0.39 is 0 Å². The molecule has 1 aliphatic rings. The molecular formula is C24H28FN7O2S. The number of nitrogens with zero attached hydrogens (tertiary/aromatic N) is 6. The average molecular weight is 498 g/mol. The second kappa shape index (κ2) is 10.4. The summed E-state index contributed by atoms with van der Waals surface area (Å²) in [5.41, 5.74) is 7.03. The smallest absolute Gasteiger partial charge is 0.274 e. The van der Waals surface area contributed by atoms with E-state index in [0.717, 1.165) is 24.1 Å². The lowest BCUT2D eigenvalue weighted by molar-refractivity contribution is -0.107. The van der Waals surface area contributed by atoms with Crippen LogP contribution in [0.5, 0.6) is 0 Å². The van der Waals surface area contributed by atoms with E-state index in [1.54, 1.807) is 31.7 Å². The number of amides is 2. The van der Waals surface area contributed by atoms with Crippen LogP contribution >= 0.6 is 11.3 Å². The first-order valence-corrected chi connectivity index (χ1v) is 12.1. The topological polar surface area (TPSA) is 101 Å². The largest absolute Gasteiger partial charge is 0.341 e. The van der Waals surface area contributed by atoms with E-state index in [1.165, 1.54) is 33.3 Å². The molecule has 1 fully saturated rings. The quantitative estimate of drug-likeness (QED) is 0.398. The molecule has 1 saturated heterocycles. The molecule has 184 valence electrons. The van der Waals surface area contributed by atoms with Gasteiger partial charge in [-0.15, -0.1) is 17.3 Å². The number of hydrogen-bond acceptors (Lipinski definition) is 7. The molecule has 0 saturated carbocycles. The number of carbonyl (C=O) groups is 2. The zero-order chi connectivity index (χ0) is 25.1. The Bertz CT molecular complexity index is 1310. The highest BCUT2D eigenvalue weighted by molar-refractivity contribution is 7.18. The Labute approximate surface area is 207 Å². The number of thiazole rings is 1. The van der Waals surface area contributed by atoms with Crippen molar-refractivity contribution in [3.63, 3.8) is 0 Å². The van der Waals surface area contributed by atoms with Crippen molar-refractivity contribution in [1.82, 2.24) is 19.4 Å². The number of aromatic nitrogens is 3. The zero-order valence-corrected chi connectivity index (χ0v) is 20.8. The molecular weight excluding hydrogens is 469 g/mol. The summed E-state index contributed by atoms with van der Waals surface area (Å²) < 4.78 is 16.2. The van der Waals surface area contributed by atoms with Gasteiger partial charge in [-0.05, 0) is 31.9 Å². The molecule has 2 N–H and O–H groups in total. The molecule has 1 aromatic carbocycles. The van der Waals surface area contributed by atoms with Crippen molar-refractivity contribution in [2.75, 3.05) is 37.0 Å². The van der Waals surface area contributed by atoms with Crippen LogP contribution in [0.4, 0.5) is 16.2 Å². The van der Waals surface area contributed by atoms with Crippen LogP contribution in [0.1, 0.15) is 35.3 Å². The predicted molar refractivity (Wildman–Crippen MR) is 135 cm³/mol. The fourth-order valence-corrected chi connectivity index (χ4v) is 5.15. The summed E-state index contributed by atoms with van der Waals surface area (Å²) in [5, 5.41) is 0.674. The van der Waals surface area contributed by atoms with Gasteiger partial charge in [0.15, 0.2) is 11.5 Å². The van der Waals surface area contributed by atoms with E-state index in [0.29, 0.717) is 29.4 Å². The Hall–Kier alpha value is -3.49. The maximum absolute atomic E-state index is 13.8. The molecule has 4 rings (SSSR count). The molecule has 2 aromatic heterocycles. The minimum absolute atomic E-state index is 0.00380. The van der Waals surface area contributed by atoms with Gasteiger partial charge in [0.25, 0.3) is 5.91 Å². The van der Waals surface area contributed by atoms with Gasteiger partial charge in [-0.3, -0.25) is 14.2 Å². The fraction of sp³-hybridized carbons (Fsp3) is 0.417. The van der Waals surface area contributed by atoms with E-state index in [-0.39, 0.29) is 42.4 Å². The summed E-state index contributed by atoms with van der Waals surface area (Å²) in [6.07, 6.45) is 2.46. The third kappa shape index (κ3) is 5.13. The highest BCUT2D eigenvalue weighted by Gasteiger charge is 2.31. The Morgan fingerprint density at radius 2 is 2.17 bits per heavy atom. The molecule has 1 unspecified atom stereocenters. The number of piperidine rings is 1. The Kier molecular flexibility index (Phi) is 7.33. The van der Waals surface area contributed by atoms with Crippen molar-refractivity contribution in [3.05, 3.63) is 34.7 Å². The van der Waals surface area contributed by atoms with Crippen molar-refractivity contribution in [3.8, 4) is 11.8 Å². The van der Waals surface area contributed by atoms with Crippen molar-refractivity contribution in [2.24, 2.45) is 5.73 Å². The number of halogens is 1. The minimum Gasteiger partial charge on any atom is -0.341 e. The average Bonchev–Trinajstić information content (AvgIpc) is 3.42. The molecule has 0 spiro atoms. The minimum atomic E-state index is -0.355. The SMILES string of the molecule is CC#CCn1c(N2CCCC(N)C2)nc(N(C)C=O)c1C(=O)N(C)Cc1nc2cc(F)ccc2s1. The van der Waals surface area contributed by atoms with Gasteiger partial charge in [-0.1, -0.05) is 5.92 Å². The lowest BCUT2D eigenvalue weighted by Crippen LogP contribution is -2.44. The Balaban J connectivity index is 1.72. The van der Waals surface area contributed by atoms with E-state index in [9.17, 15) is 14.0 Å². The van der Waals surface area contributed by atoms with Gasteiger partial charge in [-0.25, -0.2) is 9.37 Å². The first-order chi connectivity index (χ1) is 16.8. The van der Waals surface area contributed by atoms with E-state index in [2.05, 4.69) is 16.8 Å². The third-order valence-electron chi connectivity index (χ3n) is 5.89. The van der Waals surface area contributed by atoms with Crippen LogP contribution in [0.3, 0.4) is 0 Å². The predicted octanol–water partition coefficient (Wildman–Crippen LogP) is 2.45. The van der Waals surface area contributed by atoms with Crippen molar-refractivity contribution in [2.45, 2.75) is 38.9 Å². The van der Waals surface area contributed by atoms with Crippen molar-refractivity contribution >= 4 is 45.6 Å². The second-order valence-corrected chi connectivity index (χ2v) is 9.66. The van der Waals surface area contributed by atoms with Crippen LogP contribution in [0, 0.1) is 17.7 Å². The lowest BCUT2D eigenvalue weighted by atomic mass is 10.1. The van der Waals surface area contributed by atoms with Crippen LogP contribution in [-0.2, 0) is 17.9 Å². The standard InChI is InChI=1S/C24H28FN7O2S/c1-4-5-11-32-21(22(30(3)15-33)28-24(32)31-10-6-7-17(26)13-31)23(34)29(2)14-20-27-18-12-16(25)8-9-19(18)35-20/h8-9,12,15,17H,6-7,10-11,13-14,26H2,1-3H3. The monoisotopic (exact) mass is 497 g/mol. The fourth-order valence-electron chi connectivity index (χ4n) is 4.15. The summed E-state index contributed by atoms with van der Waals surface area (Å²) in [6, 6.07) is 4.45. The molecule has 9 nitrogen and oxygen atoms in total. The normalized spacial score (nSPS) is 15.6. The number of rotatable bonds is 7. The van der Waals surface area contributed by atoms with Crippen LogP contribution in [0.2, 0.25) is 0 Å². The highest BCUT2D eigenvalue weighted by Crippen LogP contribution is 2.30. The second-order valence-electron chi connectivity index (χ2n) is 8.54. The van der Waals surface area contributed by atoms with Crippen LogP contribution < -0.4 is 15.5 Å². The number of imidazole rings is 1. The van der Waals surface area contributed by atoms with Crippen LogP contribution in [-0.4, -0.2) is 65.0 Å². The van der Waals surface area contributed by atoms with Gasteiger partial charge in [-0.2, -0.15) is 4.98 Å². The first-order valence-electron chi connectivity index (χ1n) is 11.3. The molecule has 3 heterocycles. The maximum Gasteiger partial charge on any atom is 0.274 e. The molecule has 1 aliphatic heterocycles. The van der Waals surface area contributed by atoms with E-state index >= 15 is 0 Å². The van der Waals surface area contributed by atoms with Gasteiger partial charge >= 0.3 is 0 Å². The number of nitrogens with two attached hydrogens (primary N) is 1. The van der Waals surface area contributed by atoms with Crippen LogP contribution in [0.25, 0.3) is 10.2 Å². The molecule has 0 bridgehead atoms. The summed E-state index contributed by atoms with van der Waals surface area (Å²) in [7, 11) is 3.23. The van der Waals surface area contributed by atoms with Gasteiger partial charge in [0, 0.05) is 39.3 Å². The summed E-state index contributed by atoms with van der Waals surface area (Å²) >= 11 is 1.40. The molecule has 11 heteroatoms. The summed E-state index contributed by atoms with van der Waals surface area (Å²) in [4.78, 5) is 39.5. The van der Waals surface area contributed by atoms with Crippen molar-refractivity contribution in [1.29, 1.82) is 0 Å². The summed E-state index contributed by atoms with van der Waals surface area (Å²) in [5.74, 6) is 6.05. The Morgan fingerprint density at radius 3 is 2.89 bits per heavy atom. The summed E-state index contributed by atoms with van der Waals surface area (Å²) in [6.45, 7) is 3.55. The Morgan fingerprint density at radius 1 is 1.37 bits per heavy atom. The maximum atomic E-state index is 13.8. The highest BCUT2D eigenvalue weighted by atomic mass is 32.1. The van der Waals surface area contributed by atoms with Crippen molar-refractivity contribution < 1.29 is 14.0 Å². The zero-order valence-electron chi connectivity index (χ0n) is 20.0. The van der Waals surface area contributed by atoms with Gasteiger partial charge < -0.3 is 20.4 Å². The van der Waals surface area contributed by atoms with Crippen LogP contribution in [0.15, 0.2) is 18.2 Å². The number of hydrogen-bond donors (Lipinski definition) is 1. The molecule has 0 radical (unpaired) electrons. The van der Waals surface area contributed by atoms with Gasteiger partial charge in [0.05, 0.1) is 23.3 Å². The van der Waals surface area contributed by atoms with E-state index in [1.807, 2.05) is 4.90 Å². The first kappa shape index (κ1) is 24.6. The third-order valence-corrected chi connectivity index (χ3v) is 6.91. The molecule has 1 atom stereocenters. The molecule has 3 aromatic rings.